The van der Waals surface area contributed by atoms with E-state index in [1.165, 1.54) is 10.6 Å². The number of fused-ring (bicyclic) bond motifs is 1. The Balaban J connectivity index is 3.06. The standard InChI is InChI=1S/C6H6N4O/c1-9-2-3-10-5(11)4-7-8-6(9)10/h2-4H,1H3. The van der Waals surface area contributed by atoms with Crippen LogP contribution in [0.4, 0.5) is 0 Å². The minimum Gasteiger partial charge on any atom is -0.319 e. The summed E-state index contributed by atoms with van der Waals surface area (Å²) in [4.78, 5) is 11.0. The monoisotopic (exact) mass is 150 g/mol. The van der Waals surface area contributed by atoms with Gasteiger partial charge >= 0.3 is 0 Å². The maximum atomic E-state index is 11.0. The molecule has 0 saturated heterocycles. The van der Waals surface area contributed by atoms with Gasteiger partial charge in [-0.1, -0.05) is 0 Å². The van der Waals surface area contributed by atoms with Gasteiger partial charge < -0.3 is 4.57 Å². The van der Waals surface area contributed by atoms with Crippen molar-refractivity contribution in [3.05, 3.63) is 28.9 Å². The molecule has 0 saturated carbocycles. The molecule has 11 heavy (non-hydrogen) atoms. The highest BCUT2D eigenvalue weighted by Crippen LogP contribution is 1.91. The van der Waals surface area contributed by atoms with E-state index >= 15 is 0 Å². The van der Waals surface area contributed by atoms with Crippen LogP contribution < -0.4 is 5.56 Å². The van der Waals surface area contributed by atoms with Gasteiger partial charge in [0.05, 0.1) is 0 Å². The molecule has 0 N–H and O–H groups in total. The molecule has 0 atom stereocenters. The Hall–Kier alpha value is -1.65. The first-order chi connectivity index (χ1) is 5.29. The Bertz CT molecular complexity index is 441. The Morgan fingerprint density at radius 3 is 3.00 bits per heavy atom. The molecule has 2 rings (SSSR count). The molecule has 0 aromatic carbocycles. The Labute approximate surface area is 61.9 Å². The molecule has 2 aromatic heterocycles. The first-order valence-electron chi connectivity index (χ1n) is 3.14. The van der Waals surface area contributed by atoms with Gasteiger partial charge in [-0.3, -0.25) is 4.79 Å². The minimum atomic E-state index is -0.157. The zero-order valence-corrected chi connectivity index (χ0v) is 5.93. The smallest absolute Gasteiger partial charge is 0.277 e. The second-order valence-corrected chi connectivity index (χ2v) is 2.26. The lowest BCUT2D eigenvalue weighted by Crippen LogP contribution is -2.13. The van der Waals surface area contributed by atoms with Crippen LogP contribution in [0.2, 0.25) is 0 Å². The largest absolute Gasteiger partial charge is 0.319 e. The van der Waals surface area contributed by atoms with E-state index in [4.69, 9.17) is 0 Å². The van der Waals surface area contributed by atoms with Crippen molar-refractivity contribution in [3.8, 4) is 0 Å². The highest BCUT2D eigenvalue weighted by atomic mass is 16.1. The van der Waals surface area contributed by atoms with Crippen LogP contribution in [0.5, 0.6) is 0 Å². The fourth-order valence-corrected chi connectivity index (χ4v) is 0.953. The van der Waals surface area contributed by atoms with Gasteiger partial charge in [-0.2, -0.15) is 0 Å². The second kappa shape index (κ2) is 1.91. The predicted molar refractivity (Wildman–Crippen MR) is 38.2 cm³/mol. The van der Waals surface area contributed by atoms with E-state index < -0.39 is 0 Å². The summed E-state index contributed by atoms with van der Waals surface area (Å²) in [5.74, 6) is 0.553. The second-order valence-electron chi connectivity index (χ2n) is 2.26. The van der Waals surface area contributed by atoms with E-state index in [0.29, 0.717) is 5.78 Å². The lowest BCUT2D eigenvalue weighted by molar-refractivity contribution is 0.861. The molecule has 0 fully saturated rings. The third kappa shape index (κ3) is 0.739. The first kappa shape index (κ1) is 6.09. The van der Waals surface area contributed by atoms with Crippen molar-refractivity contribution in [3.63, 3.8) is 0 Å². The molecule has 56 valence electrons. The number of rotatable bonds is 0. The fourth-order valence-electron chi connectivity index (χ4n) is 0.953. The van der Waals surface area contributed by atoms with E-state index in [0.717, 1.165) is 0 Å². The molecule has 2 heterocycles. The predicted octanol–water partition coefficient (Wildman–Crippen LogP) is -0.572. The summed E-state index contributed by atoms with van der Waals surface area (Å²) >= 11 is 0. The van der Waals surface area contributed by atoms with Crippen molar-refractivity contribution in [2.75, 3.05) is 0 Å². The van der Waals surface area contributed by atoms with Crippen molar-refractivity contribution in [1.82, 2.24) is 19.2 Å². The van der Waals surface area contributed by atoms with Crippen molar-refractivity contribution in [2.24, 2.45) is 7.05 Å². The van der Waals surface area contributed by atoms with Gasteiger partial charge in [0.25, 0.3) is 5.56 Å². The van der Waals surface area contributed by atoms with Crippen LogP contribution in [0.3, 0.4) is 0 Å². The fraction of sp³-hybridized carbons (Fsp3) is 0.167. The summed E-state index contributed by atoms with van der Waals surface area (Å²) in [6, 6.07) is 0. The van der Waals surface area contributed by atoms with Crippen molar-refractivity contribution in [1.29, 1.82) is 0 Å². The summed E-state index contributed by atoms with van der Waals surface area (Å²) in [6.07, 6.45) is 4.60. The molecule has 0 spiro atoms. The van der Waals surface area contributed by atoms with Gasteiger partial charge in [0, 0.05) is 19.4 Å². The zero-order valence-electron chi connectivity index (χ0n) is 5.93. The molecule has 0 unspecified atom stereocenters. The van der Waals surface area contributed by atoms with Gasteiger partial charge in [0.2, 0.25) is 5.78 Å². The lowest BCUT2D eigenvalue weighted by atomic mass is 10.8. The Morgan fingerprint density at radius 1 is 1.45 bits per heavy atom. The molecule has 5 heteroatoms. The molecule has 0 amide bonds. The van der Waals surface area contributed by atoms with Crippen molar-refractivity contribution in [2.45, 2.75) is 0 Å². The topological polar surface area (TPSA) is 52.2 Å². The molecular weight excluding hydrogens is 144 g/mol. The molecule has 0 aliphatic rings. The van der Waals surface area contributed by atoms with Gasteiger partial charge in [-0.05, 0) is 0 Å². The minimum absolute atomic E-state index is 0.157. The SMILES string of the molecule is Cn1ccn2c(=O)cnnc12. The number of aryl methyl sites for hydroxylation is 1. The normalized spacial score (nSPS) is 10.6. The summed E-state index contributed by atoms with van der Waals surface area (Å²) in [5, 5.41) is 7.32. The van der Waals surface area contributed by atoms with Crippen LogP contribution in [-0.2, 0) is 7.05 Å². The number of hydrogen-bond acceptors (Lipinski definition) is 3. The Morgan fingerprint density at radius 2 is 2.27 bits per heavy atom. The van der Waals surface area contributed by atoms with E-state index in [-0.39, 0.29) is 5.56 Å². The summed E-state index contributed by atoms with van der Waals surface area (Å²) < 4.78 is 3.17. The maximum absolute atomic E-state index is 11.0. The van der Waals surface area contributed by atoms with Gasteiger partial charge in [0.15, 0.2) is 0 Å². The number of imidazole rings is 1. The highest BCUT2D eigenvalue weighted by molar-refractivity contribution is 5.26. The van der Waals surface area contributed by atoms with E-state index in [1.54, 1.807) is 17.0 Å². The molecule has 0 aliphatic heterocycles. The van der Waals surface area contributed by atoms with Crippen LogP contribution >= 0.6 is 0 Å². The van der Waals surface area contributed by atoms with Crippen LogP contribution in [0.25, 0.3) is 5.78 Å². The first-order valence-corrected chi connectivity index (χ1v) is 3.14. The van der Waals surface area contributed by atoms with Crippen molar-refractivity contribution >= 4 is 5.78 Å². The van der Waals surface area contributed by atoms with Crippen LogP contribution in [-0.4, -0.2) is 19.2 Å². The van der Waals surface area contributed by atoms with Crippen LogP contribution in [0.15, 0.2) is 23.4 Å². The molecule has 5 nitrogen and oxygen atoms in total. The molecule has 0 aliphatic carbocycles. The van der Waals surface area contributed by atoms with E-state index in [1.807, 2.05) is 7.05 Å². The third-order valence-electron chi connectivity index (χ3n) is 1.52. The molecular formula is C6H6N4O. The Kier molecular flexibility index (Phi) is 1.06. The number of aromatic nitrogens is 4. The van der Waals surface area contributed by atoms with Gasteiger partial charge in [-0.15, -0.1) is 10.2 Å². The number of nitrogens with zero attached hydrogens (tertiary/aromatic N) is 4. The van der Waals surface area contributed by atoms with E-state index in [9.17, 15) is 4.79 Å². The number of hydrogen-bond donors (Lipinski definition) is 0. The molecule has 0 radical (unpaired) electrons. The van der Waals surface area contributed by atoms with Gasteiger partial charge in [-0.25, -0.2) is 4.40 Å². The average Bonchev–Trinajstić information content (AvgIpc) is 2.35. The third-order valence-corrected chi connectivity index (χ3v) is 1.52. The van der Waals surface area contributed by atoms with Crippen LogP contribution in [0.1, 0.15) is 0 Å². The van der Waals surface area contributed by atoms with Gasteiger partial charge in [0.1, 0.15) is 6.20 Å². The summed E-state index contributed by atoms with van der Waals surface area (Å²) in [6.45, 7) is 0. The maximum Gasteiger partial charge on any atom is 0.277 e. The average molecular weight is 150 g/mol. The molecule has 0 bridgehead atoms. The summed E-state index contributed by atoms with van der Waals surface area (Å²) in [5.41, 5.74) is -0.157. The highest BCUT2D eigenvalue weighted by Gasteiger charge is 1.98. The summed E-state index contributed by atoms with van der Waals surface area (Å²) in [7, 11) is 1.81. The molecule has 2 aromatic rings. The van der Waals surface area contributed by atoms with Crippen molar-refractivity contribution < 1.29 is 0 Å². The zero-order chi connectivity index (χ0) is 7.84. The lowest BCUT2D eigenvalue weighted by Gasteiger charge is -1.90. The quantitative estimate of drug-likeness (QED) is 0.505. The van der Waals surface area contributed by atoms with E-state index in [2.05, 4.69) is 10.2 Å². The van der Waals surface area contributed by atoms with Crippen LogP contribution in [0, 0.1) is 0 Å².